The molecule has 152 valence electrons. The van der Waals surface area contributed by atoms with Gasteiger partial charge in [0.05, 0.1) is 7.11 Å². The van der Waals surface area contributed by atoms with Gasteiger partial charge in [-0.1, -0.05) is 63.3 Å². The Morgan fingerprint density at radius 3 is 2.24 bits per heavy atom. The van der Waals surface area contributed by atoms with Gasteiger partial charge in [-0.3, -0.25) is 9.69 Å². The highest BCUT2D eigenvalue weighted by atomic mass is 32.1. The van der Waals surface area contributed by atoms with Crippen LogP contribution >= 0.6 is 11.3 Å². The van der Waals surface area contributed by atoms with Gasteiger partial charge in [0.2, 0.25) is 5.13 Å². The molecule has 1 amide bonds. The number of anilines is 1. The van der Waals surface area contributed by atoms with Gasteiger partial charge in [-0.05, 0) is 41.7 Å². The minimum Gasteiger partial charge on any atom is -0.497 e. The second-order valence-electron chi connectivity index (χ2n) is 7.90. The predicted molar refractivity (Wildman–Crippen MR) is 119 cm³/mol. The first kappa shape index (κ1) is 21.0. The number of amides is 1. The summed E-state index contributed by atoms with van der Waals surface area (Å²) in [5.74, 6) is 0.640. The van der Waals surface area contributed by atoms with Crippen LogP contribution in [0.3, 0.4) is 0 Å². The molecule has 0 saturated carbocycles. The van der Waals surface area contributed by atoms with Crippen molar-refractivity contribution in [3.05, 3.63) is 59.7 Å². The van der Waals surface area contributed by atoms with Crippen LogP contribution in [-0.4, -0.2) is 29.8 Å². The molecule has 29 heavy (non-hydrogen) atoms. The van der Waals surface area contributed by atoms with E-state index in [1.165, 1.54) is 16.9 Å². The highest BCUT2D eigenvalue weighted by molar-refractivity contribution is 7.18. The first-order valence-electron chi connectivity index (χ1n) is 9.74. The number of aromatic nitrogens is 2. The molecular weight excluding hydrogens is 382 g/mol. The number of carbonyl (C=O) groups is 1. The monoisotopic (exact) mass is 409 g/mol. The van der Waals surface area contributed by atoms with Crippen molar-refractivity contribution in [2.24, 2.45) is 0 Å². The van der Waals surface area contributed by atoms with Crippen molar-refractivity contribution in [3.63, 3.8) is 0 Å². The van der Waals surface area contributed by atoms with E-state index < -0.39 is 0 Å². The molecule has 1 heterocycles. The van der Waals surface area contributed by atoms with Gasteiger partial charge in [0.1, 0.15) is 10.8 Å². The maximum atomic E-state index is 13.1. The topological polar surface area (TPSA) is 55.3 Å². The first-order chi connectivity index (χ1) is 13.8. The first-order valence-corrected chi connectivity index (χ1v) is 10.6. The molecule has 0 bridgehead atoms. The fraction of sp³-hybridized carbons (Fsp3) is 0.348. The molecule has 0 aliphatic heterocycles. The lowest BCUT2D eigenvalue weighted by Crippen LogP contribution is -2.31. The molecule has 0 radical (unpaired) electrons. The Hall–Kier alpha value is -2.73. The third-order valence-electron chi connectivity index (χ3n) is 4.67. The molecular formula is C23H27N3O2S. The number of hydrogen-bond donors (Lipinski definition) is 0. The smallest absolute Gasteiger partial charge is 0.260 e. The fourth-order valence-corrected chi connectivity index (χ4v) is 3.83. The Bertz CT molecular complexity index is 957. The van der Waals surface area contributed by atoms with Crippen LogP contribution < -0.4 is 9.64 Å². The lowest BCUT2D eigenvalue weighted by Gasteiger charge is -2.19. The standard InChI is InChI=1S/C23H27N3O2S/c1-6-15-26(21(27)17-9-13-19(28-5)14-10-17)22-25-24-20(29-22)16-7-11-18(12-8-16)23(2,3)4/h7-14H,6,15H2,1-5H3. The Morgan fingerprint density at radius 2 is 1.69 bits per heavy atom. The van der Waals surface area contributed by atoms with E-state index in [4.69, 9.17) is 4.74 Å². The van der Waals surface area contributed by atoms with Crippen molar-refractivity contribution < 1.29 is 9.53 Å². The van der Waals surface area contributed by atoms with E-state index >= 15 is 0 Å². The van der Waals surface area contributed by atoms with Gasteiger partial charge in [-0.15, -0.1) is 10.2 Å². The lowest BCUT2D eigenvalue weighted by atomic mass is 9.87. The minimum absolute atomic E-state index is 0.0831. The SMILES string of the molecule is CCCN(C(=O)c1ccc(OC)cc1)c1nnc(-c2ccc(C(C)(C)C)cc2)s1. The molecule has 6 heteroatoms. The molecule has 1 aromatic heterocycles. The van der Waals surface area contributed by atoms with E-state index in [2.05, 4.69) is 55.2 Å². The fourth-order valence-electron chi connectivity index (χ4n) is 2.95. The Balaban J connectivity index is 1.85. The van der Waals surface area contributed by atoms with Crippen molar-refractivity contribution in [2.75, 3.05) is 18.6 Å². The van der Waals surface area contributed by atoms with Crippen LogP contribution in [0.2, 0.25) is 0 Å². The predicted octanol–water partition coefficient (Wildman–Crippen LogP) is 5.57. The van der Waals surface area contributed by atoms with Crippen LogP contribution in [0.1, 0.15) is 50.0 Å². The van der Waals surface area contributed by atoms with Crippen LogP contribution in [0.25, 0.3) is 10.6 Å². The second-order valence-corrected chi connectivity index (χ2v) is 8.86. The number of nitrogens with zero attached hydrogens (tertiary/aromatic N) is 3. The van der Waals surface area contributed by atoms with Gasteiger partial charge in [0, 0.05) is 17.7 Å². The summed E-state index contributed by atoms with van der Waals surface area (Å²) in [5, 5.41) is 10.1. The van der Waals surface area contributed by atoms with Crippen LogP contribution in [0.15, 0.2) is 48.5 Å². The summed E-state index contributed by atoms with van der Waals surface area (Å²) in [4.78, 5) is 14.8. The summed E-state index contributed by atoms with van der Waals surface area (Å²) in [5.41, 5.74) is 2.99. The summed E-state index contributed by atoms with van der Waals surface area (Å²) in [6.45, 7) is 9.21. The Kier molecular flexibility index (Phi) is 6.33. The highest BCUT2D eigenvalue weighted by Gasteiger charge is 2.22. The molecule has 0 fully saturated rings. The molecule has 3 aromatic rings. The summed E-state index contributed by atoms with van der Waals surface area (Å²) < 4.78 is 5.18. The van der Waals surface area contributed by atoms with Crippen molar-refractivity contribution in [2.45, 2.75) is 39.5 Å². The van der Waals surface area contributed by atoms with Gasteiger partial charge >= 0.3 is 0 Å². The van der Waals surface area contributed by atoms with Gasteiger partial charge in [-0.25, -0.2) is 0 Å². The van der Waals surface area contributed by atoms with E-state index in [1.807, 2.05) is 6.92 Å². The number of ether oxygens (including phenoxy) is 1. The third-order valence-corrected chi connectivity index (χ3v) is 5.67. The van der Waals surface area contributed by atoms with Crippen LogP contribution in [0, 0.1) is 0 Å². The van der Waals surface area contributed by atoms with E-state index in [-0.39, 0.29) is 11.3 Å². The maximum absolute atomic E-state index is 13.1. The molecule has 2 aromatic carbocycles. The number of rotatable bonds is 6. The molecule has 0 atom stereocenters. The molecule has 0 N–H and O–H groups in total. The molecule has 5 nitrogen and oxygen atoms in total. The third kappa shape index (κ3) is 4.82. The molecule has 0 unspecified atom stereocenters. The zero-order valence-corrected chi connectivity index (χ0v) is 18.4. The summed E-state index contributed by atoms with van der Waals surface area (Å²) >= 11 is 1.44. The van der Waals surface area contributed by atoms with Crippen LogP contribution in [-0.2, 0) is 5.41 Å². The van der Waals surface area contributed by atoms with E-state index in [9.17, 15) is 4.79 Å². The molecule has 0 aliphatic rings. The zero-order valence-electron chi connectivity index (χ0n) is 17.6. The summed E-state index contributed by atoms with van der Waals surface area (Å²) in [6.07, 6.45) is 0.830. The quantitative estimate of drug-likeness (QED) is 0.534. The lowest BCUT2D eigenvalue weighted by molar-refractivity contribution is 0.0986. The summed E-state index contributed by atoms with van der Waals surface area (Å²) in [7, 11) is 1.61. The van der Waals surface area contributed by atoms with Gasteiger partial charge in [0.15, 0.2) is 0 Å². The van der Waals surface area contributed by atoms with Gasteiger partial charge in [0.25, 0.3) is 5.91 Å². The van der Waals surface area contributed by atoms with Crippen molar-refractivity contribution >= 4 is 22.4 Å². The van der Waals surface area contributed by atoms with E-state index in [1.54, 1.807) is 36.3 Å². The van der Waals surface area contributed by atoms with E-state index in [0.717, 1.165) is 22.7 Å². The number of carbonyl (C=O) groups excluding carboxylic acids is 1. The van der Waals surface area contributed by atoms with Crippen LogP contribution in [0.4, 0.5) is 5.13 Å². The molecule has 0 spiro atoms. The minimum atomic E-state index is -0.0831. The maximum Gasteiger partial charge on any atom is 0.260 e. The highest BCUT2D eigenvalue weighted by Crippen LogP contribution is 2.31. The Labute approximate surface area is 176 Å². The van der Waals surface area contributed by atoms with E-state index in [0.29, 0.717) is 17.2 Å². The average Bonchev–Trinajstić information content (AvgIpc) is 3.21. The second kappa shape index (κ2) is 8.74. The summed E-state index contributed by atoms with van der Waals surface area (Å²) in [6, 6.07) is 15.5. The Morgan fingerprint density at radius 1 is 1.03 bits per heavy atom. The normalized spacial score (nSPS) is 11.3. The zero-order chi connectivity index (χ0) is 21.0. The van der Waals surface area contributed by atoms with Crippen molar-refractivity contribution in [3.8, 4) is 16.3 Å². The molecule has 0 saturated heterocycles. The number of methoxy groups -OCH3 is 1. The largest absolute Gasteiger partial charge is 0.497 e. The van der Waals surface area contributed by atoms with Crippen LogP contribution in [0.5, 0.6) is 5.75 Å². The molecule has 0 aliphatic carbocycles. The van der Waals surface area contributed by atoms with Gasteiger partial charge in [-0.2, -0.15) is 0 Å². The van der Waals surface area contributed by atoms with Crippen molar-refractivity contribution in [1.29, 1.82) is 0 Å². The molecule has 3 rings (SSSR count). The number of hydrogen-bond acceptors (Lipinski definition) is 5. The number of benzene rings is 2. The average molecular weight is 410 g/mol. The van der Waals surface area contributed by atoms with Crippen molar-refractivity contribution in [1.82, 2.24) is 10.2 Å². The van der Waals surface area contributed by atoms with Gasteiger partial charge < -0.3 is 4.74 Å².